The van der Waals surface area contributed by atoms with E-state index >= 15 is 0 Å². The fourth-order valence-electron chi connectivity index (χ4n) is 0.975. The van der Waals surface area contributed by atoms with Crippen molar-refractivity contribution in [3.63, 3.8) is 0 Å². The molecule has 0 saturated carbocycles. The van der Waals surface area contributed by atoms with Crippen LogP contribution in [0.4, 0.5) is 0 Å². The van der Waals surface area contributed by atoms with Crippen LogP contribution in [0, 0.1) is 0 Å². The second kappa shape index (κ2) is 8.61. The van der Waals surface area contributed by atoms with Gasteiger partial charge < -0.3 is 16.6 Å². The van der Waals surface area contributed by atoms with Crippen molar-refractivity contribution < 1.29 is 31.8 Å². The third-order valence-corrected chi connectivity index (χ3v) is 1.91. The van der Waals surface area contributed by atoms with E-state index in [-0.39, 0.29) is 22.9 Å². The number of carboxylic acids is 1. The van der Waals surface area contributed by atoms with Gasteiger partial charge in [-0.3, -0.25) is 9.59 Å². The summed E-state index contributed by atoms with van der Waals surface area (Å²) in [5, 5.41) is 8.46. The zero-order valence-corrected chi connectivity index (χ0v) is 9.22. The molecule has 0 rings (SSSR count). The summed E-state index contributed by atoms with van der Waals surface area (Å²) in [6.45, 7) is 3.30. The Morgan fingerprint density at radius 3 is 2.13 bits per heavy atom. The summed E-state index contributed by atoms with van der Waals surface area (Å²) in [5.41, 5.74) is 10.7. The normalized spacial score (nSPS) is 13.5. The second-order valence-corrected chi connectivity index (χ2v) is 3.09. The van der Waals surface area contributed by atoms with E-state index in [4.69, 9.17) is 16.6 Å². The molecule has 1 radical (unpaired) electrons. The zero-order chi connectivity index (χ0) is 11.1. The van der Waals surface area contributed by atoms with Gasteiger partial charge in [0.05, 0.1) is 6.04 Å². The van der Waals surface area contributed by atoms with Gasteiger partial charge in [0, 0.05) is 17.1 Å². The van der Waals surface area contributed by atoms with E-state index < -0.39 is 18.1 Å². The molecule has 91 valence electrons. The average Bonchev–Trinajstić information content (AvgIpc) is 2.15. The largest absolute Gasteiger partial charge is 0.480 e. The molecule has 0 spiro atoms. The molecule has 0 heterocycles. The van der Waals surface area contributed by atoms with E-state index in [2.05, 4.69) is 6.58 Å². The smallest absolute Gasteiger partial charge is 0.320 e. The third-order valence-electron chi connectivity index (χ3n) is 1.91. The third kappa shape index (κ3) is 7.27. The van der Waals surface area contributed by atoms with Gasteiger partial charge in [-0.15, -0.1) is 0 Å². The molecule has 0 saturated heterocycles. The number of carbonyl (C=O) groups excluding carboxylic acids is 1. The van der Waals surface area contributed by atoms with Gasteiger partial charge in [0.2, 0.25) is 0 Å². The Morgan fingerprint density at radius 1 is 1.27 bits per heavy atom. The Balaban J connectivity index is 0. The van der Waals surface area contributed by atoms with Crippen LogP contribution in [0.2, 0.25) is 0 Å². The Kier molecular flexibility index (Phi) is 9.61. The molecule has 0 aliphatic rings. The molecule has 6 heteroatoms. The molecule has 0 aromatic rings. The monoisotopic (exact) mass is 263 g/mol. The molecule has 5 N–H and O–H groups in total. The Hall–Kier alpha value is -0.681. The van der Waals surface area contributed by atoms with Gasteiger partial charge in [0.15, 0.2) is 5.78 Å². The van der Waals surface area contributed by atoms with Crippen molar-refractivity contribution in [1.82, 2.24) is 0 Å². The topological polar surface area (TPSA) is 106 Å². The van der Waals surface area contributed by atoms with E-state index in [9.17, 15) is 9.59 Å². The molecule has 15 heavy (non-hydrogen) atoms. The first-order chi connectivity index (χ1) is 6.49. The van der Waals surface area contributed by atoms with Crippen LogP contribution in [0.15, 0.2) is 12.7 Å². The predicted molar refractivity (Wildman–Crippen MR) is 52.6 cm³/mol. The molecule has 0 aliphatic carbocycles. The van der Waals surface area contributed by atoms with Crippen LogP contribution < -0.4 is 11.5 Å². The number of nitrogens with two attached hydrogens (primary N) is 2. The van der Waals surface area contributed by atoms with Crippen LogP contribution in [0.3, 0.4) is 0 Å². The molecule has 0 fully saturated rings. The summed E-state index contributed by atoms with van der Waals surface area (Å²) >= 11 is 0. The second-order valence-electron chi connectivity index (χ2n) is 3.09. The molecular formula is C9H16CuN2O3. The minimum absolute atomic E-state index is 0. The molecule has 0 aromatic carbocycles. The van der Waals surface area contributed by atoms with Crippen molar-refractivity contribution in [3.8, 4) is 0 Å². The van der Waals surface area contributed by atoms with Gasteiger partial charge in [-0.05, 0) is 25.3 Å². The first-order valence-electron chi connectivity index (χ1n) is 4.39. The number of hydrogen-bond acceptors (Lipinski definition) is 4. The van der Waals surface area contributed by atoms with Crippen LogP contribution in [0.5, 0.6) is 0 Å². The van der Waals surface area contributed by atoms with Gasteiger partial charge in [-0.1, -0.05) is 6.58 Å². The number of carbonyl (C=O) groups is 2. The minimum Gasteiger partial charge on any atom is -0.480 e. The van der Waals surface area contributed by atoms with E-state index in [1.165, 1.54) is 6.08 Å². The number of hydrogen-bond donors (Lipinski definition) is 3. The Labute approximate surface area is 99.4 Å². The van der Waals surface area contributed by atoms with Crippen molar-refractivity contribution in [1.29, 1.82) is 0 Å². The van der Waals surface area contributed by atoms with Crippen LogP contribution in [-0.4, -0.2) is 28.9 Å². The minimum atomic E-state index is -1.03. The Bertz CT molecular complexity index is 233. The SMILES string of the molecule is C=CC(=O)C(N)CCC[C@H](N)C(=O)O.[Cu]. The van der Waals surface area contributed by atoms with Gasteiger partial charge in [-0.2, -0.15) is 0 Å². The maximum Gasteiger partial charge on any atom is 0.320 e. The molecule has 0 amide bonds. The summed E-state index contributed by atoms with van der Waals surface area (Å²) in [6.07, 6.45) is 2.45. The zero-order valence-electron chi connectivity index (χ0n) is 8.28. The van der Waals surface area contributed by atoms with Crippen molar-refractivity contribution >= 4 is 11.8 Å². The number of ketones is 1. The standard InChI is InChI=1S/C9H16N2O3.Cu/c1-2-8(12)6(10)4-3-5-7(11)9(13)14;/h2,6-7H,1,3-5,10-11H2,(H,13,14);/t6?,7-;/m0./s1. The molecule has 2 atom stereocenters. The van der Waals surface area contributed by atoms with Gasteiger partial charge in [-0.25, -0.2) is 0 Å². The molecule has 0 aromatic heterocycles. The average molecular weight is 264 g/mol. The van der Waals surface area contributed by atoms with Gasteiger partial charge >= 0.3 is 5.97 Å². The van der Waals surface area contributed by atoms with E-state index in [0.717, 1.165) is 0 Å². The predicted octanol–water partition coefficient (Wildman–Crippen LogP) is -0.351. The van der Waals surface area contributed by atoms with Crippen LogP contribution >= 0.6 is 0 Å². The number of aliphatic carboxylic acids is 1. The summed E-state index contributed by atoms with van der Waals surface area (Å²) in [4.78, 5) is 21.3. The van der Waals surface area contributed by atoms with Gasteiger partial charge in [0.25, 0.3) is 0 Å². The van der Waals surface area contributed by atoms with E-state index in [1.54, 1.807) is 0 Å². The quantitative estimate of drug-likeness (QED) is 0.430. The molecule has 0 bridgehead atoms. The molecule has 5 nitrogen and oxygen atoms in total. The summed E-state index contributed by atoms with van der Waals surface area (Å²) in [6, 6.07) is -1.46. The molecular weight excluding hydrogens is 248 g/mol. The van der Waals surface area contributed by atoms with Crippen molar-refractivity contribution in [2.24, 2.45) is 11.5 Å². The molecule has 1 unspecified atom stereocenters. The van der Waals surface area contributed by atoms with Crippen molar-refractivity contribution in [2.75, 3.05) is 0 Å². The molecule has 0 aliphatic heterocycles. The fourth-order valence-corrected chi connectivity index (χ4v) is 0.975. The first kappa shape index (κ1) is 16.7. The first-order valence-corrected chi connectivity index (χ1v) is 4.39. The maximum atomic E-state index is 10.9. The van der Waals surface area contributed by atoms with Crippen molar-refractivity contribution in [2.45, 2.75) is 31.3 Å². The Morgan fingerprint density at radius 2 is 1.73 bits per heavy atom. The fraction of sp³-hybridized carbons (Fsp3) is 0.556. The van der Waals surface area contributed by atoms with E-state index in [1.807, 2.05) is 0 Å². The summed E-state index contributed by atoms with van der Waals surface area (Å²) in [7, 11) is 0. The van der Waals surface area contributed by atoms with Crippen LogP contribution in [0.25, 0.3) is 0 Å². The van der Waals surface area contributed by atoms with Gasteiger partial charge in [0.1, 0.15) is 6.04 Å². The summed E-state index contributed by atoms with van der Waals surface area (Å²) < 4.78 is 0. The van der Waals surface area contributed by atoms with Crippen molar-refractivity contribution in [3.05, 3.63) is 12.7 Å². The summed E-state index contributed by atoms with van der Waals surface area (Å²) in [5.74, 6) is -1.26. The number of rotatable bonds is 7. The van der Waals surface area contributed by atoms with Crippen LogP contribution in [-0.2, 0) is 26.7 Å². The van der Waals surface area contributed by atoms with Crippen LogP contribution in [0.1, 0.15) is 19.3 Å². The van der Waals surface area contributed by atoms with E-state index in [0.29, 0.717) is 19.3 Å². The maximum absolute atomic E-state index is 10.9. The number of carboxylic acid groups (broad SMARTS) is 1.